The molecule has 0 atom stereocenters. The van der Waals surface area contributed by atoms with E-state index in [-0.39, 0.29) is 5.97 Å². The van der Waals surface area contributed by atoms with Crippen LogP contribution in [0.3, 0.4) is 0 Å². The minimum absolute atomic E-state index is 0.256. The van der Waals surface area contributed by atoms with Crippen LogP contribution in [0.15, 0.2) is 30.3 Å². The molecule has 0 aliphatic carbocycles. The van der Waals surface area contributed by atoms with Crippen molar-refractivity contribution >= 4 is 13.9 Å². The van der Waals surface area contributed by atoms with E-state index < -0.39 is 0 Å². The third kappa shape index (κ3) is 7.45. The molecule has 18 heavy (non-hydrogen) atoms. The molecule has 0 saturated heterocycles. The first kappa shape index (κ1) is 17.1. The largest absolute Gasteiger partial charge is 0.462 e. The van der Waals surface area contributed by atoms with Crippen LogP contribution in [0.5, 0.6) is 0 Å². The number of benzene rings is 1. The molecule has 0 unspecified atom stereocenters. The fourth-order valence-electron chi connectivity index (χ4n) is 1.46. The second-order valence-electron chi connectivity index (χ2n) is 3.71. The number of esters is 1. The van der Waals surface area contributed by atoms with Crippen LogP contribution in [0.4, 0.5) is 0 Å². The Bertz CT molecular complexity index is 302. The van der Waals surface area contributed by atoms with Crippen molar-refractivity contribution in [2.75, 3.05) is 25.1 Å². The fraction of sp³-hybridized carbons (Fsp3) is 0.533. The van der Waals surface area contributed by atoms with E-state index >= 15 is 0 Å². The summed E-state index contributed by atoms with van der Waals surface area (Å²) in [4.78, 5) is 11.0. The Morgan fingerprint density at radius 3 is 1.83 bits per heavy atom. The maximum atomic E-state index is 11.0. The molecule has 102 valence electrons. The van der Waals surface area contributed by atoms with Crippen molar-refractivity contribution in [1.82, 2.24) is 0 Å². The van der Waals surface area contributed by atoms with E-state index in [4.69, 9.17) is 4.74 Å². The van der Waals surface area contributed by atoms with Crippen LogP contribution in [-0.2, 0) is 4.74 Å². The predicted octanol–water partition coefficient (Wildman–Crippen LogP) is 4.39. The van der Waals surface area contributed by atoms with Crippen LogP contribution in [0.1, 0.15) is 38.1 Å². The first-order valence-electron chi connectivity index (χ1n) is 6.63. The first-order chi connectivity index (χ1) is 8.69. The Morgan fingerprint density at radius 2 is 1.50 bits per heavy atom. The van der Waals surface area contributed by atoms with Crippen molar-refractivity contribution in [2.45, 2.75) is 27.7 Å². The summed E-state index contributed by atoms with van der Waals surface area (Å²) in [5.41, 5.74) is 0.606. The lowest BCUT2D eigenvalue weighted by molar-refractivity contribution is 0.0526. The second kappa shape index (κ2) is 11.2. The van der Waals surface area contributed by atoms with Gasteiger partial charge in [-0.3, -0.25) is 0 Å². The molecule has 1 rings (SSSR count). The minimum atomic E-state index is -0.256. The number of rotatable bonds is 5. The average molecular weight is 268 g/mol. The molecular weight excluding hydrogens is 243 g/mol. The molecule has 0 bridgehead atoms. The van der Waals surface area contributed by atoms with Crippen LogP contribution in [-0.4, -0.2) is 31.1 Å². The van der Waals surface area contributed by atoms with Gasteiger partial charge in [-0.2, -0.15) is 0 Å². The normalized spacial score (nSPS) is 9.61. The number of carbonyl (C=O) groups excluding carboxylic acids is 1. The number of ether oxygens (including phenoxy) is 1. The SMILES string of the molecule is CCOC(=O)c1ccccc1.CCP(CC)CC. The third-order valence-corrected chi connectivity index (χ3v) is 5.31. The van der Waals surface area contributed by atoms with E-state index in [0.717, 1.165) is 0 Å². The van der Waals surface area contributed by atoms with Crippen molar-refractivity contribution in [3.63, 3.8) is 0 Å². The molecule has 0 saturated carbocycles. The Labute approximate surface area is 112 Å². The Morgan fingerprint density at radius 1 is 1.00 bits per heavy atom. The Hall–Kier alpha value is -0.880. The maximum absolute atomic E-state index is 11.0. The average Bonchev–Trinajstić information content (AvgIpc) is 2.43. The standard InChI is InChI=1S/C9H10O2.C6H15P/c1-2-11-9(10)8-6-4-3-5-7-8;1-4-7(5-2)6-3/h3-7H,2H2,1H3;4-6H2,1-3H3. The monoisotopic (exact) mass is 268 g/mol. The number of hydrogen-bond acceptors (Lipinski definition) is 2. The van der Waals surface area contributed by atoms with E-state index in [9.17, 15) is 4.79 Å². The van der Waals surface area contributed by atoms with Gasteiger partial charge in [0.2, 0.25) is 0 Å². The van der Waals surface area contributed by atoms with E-state index in [1.165, 1.54) is 18.5 Å². The lowest BCUT2D eigenvalue weighted by Gasteiger charge is -2.07. The van der Waals surface area contributed by atoms with Crippen molar-refractivity contribution in [3.8, 4) is 0 Å². The van der Waals surface area contributed by atoms with Gasteiger partial charge in [0.15, 0.2) is 0 Å². The minimum Gasteiger partial charge on any atom is -0.462 e. The molecule has 0 aliphatic heterocycles. The summed E-state index contributed by atoms with van der Waals surface area (Å²) in [7, 11) is 0.446. The lowest BCUT2D eigenvalue weighted by atomic mass is 10.2. The maximum Gasteiger partial charge on any atom is 0.338 e. The molecule has 0 spiro atoms. The molecule has 0 fully saturated rings. The molecule has 1 aromatic rings. The topological polar surface area (TPSA) is 26.3 Å². The summed E-state index contributed by atoms with van der Waals surface area (Å²) in [6.07, 6.45) is 4.26. The highest BCUT2D eigenvalue weighted by molar-refractivity contribution is 7.57. The van der Waals surface area contributed by atoms with Gasteiger partial charge in [0.05, 0.1) is 12.2 Å². The molecule has 0 aromatic heterocycles. The van der Waals surface area contributed by atoms with E-state index in [1.807, 2.05) is 18.2 Å². The van der Waals surface area contributed by atoms with Gasteiger partial charge in [0.25, 0.3) is 0 Å². The van der Waals surface area contributed by atoms with Gasteiger partial charge in [-0.1, -0.05) is 39.0 Å². The Balaban J connectivity index is 0.000000360. The first-order valence-corrected chi connectivity index (χ1v) is 8.53. The van der Waals surface area contributed by atoms with Crippen LogP contribution < -0.4 is 0 Å². The van der Waals surface area contributed by atoms with Crippen molar-refractivity contribution < 1.29 is 9.53 Å². The van der Waals surface area contributed by atoms with Crippen molar-refractivity contribution in [1.29, 1.82) is 0 Å². The molecule has 3 heteroatoms. The highest BCUT2D eigenvalue weighted by Crippen LogP contribution is 2.32. The molecule has 0 amide bonds. The van der Waals surface area contributed by atoms with Crippen molar-refractivity contribution in [3.05, 3.63) is 35.9 Å². The van der Waals surface area contributed by atoms with Gasteiger partial charge < -0.3 is 4.74 Å². The summed E-state index contributed by atoms with van der Waals surface area (Å²) < 4.78 is 4.79. The summed E-state index contributed by atoms with van der Waals surface area (Å²) in [6, 6.07) is 8.96. The van der Waals surface area contributed by atoms with Gasteiger partial charge in [-0.15, -0.1) is 7.92 Å². The predicted molar refractivity (Wildman–Crippen MR) is 80.9 cm³/mol. The van der Waals surface area contributed by atoms with Crippen LogP contribution >= 0.6 is 7.92 Å². The zero-order valence-electron chi connectivity index (χ0n) is 12.0. The van der Waals surface area contributed by atoms with Gasteiger partial charge in [0, 0.05) is 0 Å². The van der Waals surface area contributed by atoms with E-state index in [2.05, 4.69) is 20.8 Å². The number of carbonyl (C=O) groups is 1. The summed E-state index contributed by atoms with van der Waals surface area (Å²) in [6.45, 7) is 9.09. The van der Waals surface area contributed by atoms with E-state index in [1.54, 1.807) is 19.1 Å². The molecule has 0 aliphatic rings. The smallest absolute Gasteiger partial charge is 0.338 e. The second-order valence-corrected chi connectivity index (χ2v) is 6.95. The van der Waals surface area contributed by atoms with Gasteiger partial charge in [-0.05, 0) is 37.5 Å². The highest BCUT2D eigenvalue weighted by Gasteiger charge is 2.02. The zero-order valence-corrected chi connectivity index (χ0v) is 12.9. The molecule has 2 nitrogen and oxygen atoms in total. The summed E-state index contributed by atoms with van der Waals surface area (Å²) in [5.74, 6) is -0.256. The quantitative estimate of drug-likeness (QED) is 0.584. The lowest BCUT2D eigenvalue weighted by Crippen LogP contribution is -2.03. The van der Waals surface area contributed by atoms with Gasteiger partial charge in [-0.25, -0.2) is 4.79 Å². The van der Waals surface area contributed by atoms with Crippen LogP contribution in [0.2, 0.25) is 0 Å². The summed E-state index contributed by atoms with van der Waals surface area (Å²) >= 11 is 0. The van der Waals surface area contributed by atoms with Crippen molar-refractivity contribution in [2.24, 2.45) is 0 Å². The third-order valence-electron chi connectivity index (χ3n) is 2.63. The van der Waals surface area contributed by atoms with Crippen LogP contribution in [0.25, 0.3) is 0 Å². The van der Waals surface area contributed by atoms with Gasteiger partial charge >= 0.3 is 5.97 Å². The highest BCUT2D eigenvalue weighted by atomic mass is 31.1. The summed E-state index contributed by atoms with van der Waals surface area (Å²) in [5, 5.41) is 0. The molecular formula is C15H25O2P. The Kier molecular flexibility index (Phi) is 10.7. The van der Waals surface area contributed by atoms with E-state index in [0.29, 0.717) is 20.1 Å². The molecule has 0 radical (unpaired) electrons. The zero-order chi connectivity index (χ0) is 13.8. The molecule has 0 heterocycles. The molecule has 0 N–H and O–H groups in total. The number of hydrogen-bond donors (Lipinski definition) is 0. The van der Waals surface area contributed by atoms with Crippen LogP contribution in [0, 0.1) is 0 Å². The fourth-order valence-corrected chi connectivity index (χ4v) is 2.80. The van der Waals surface area contributed by atoms with Gasteiger partial charge in [0.1, 0.15) is 0 Å². The molecule has 1 aromatic carbocycles.